The van der Waals surface area contributed by atoms with E-state index in [1.54, 1.807) is 0 Å². The minimum atomic E-state index is 0.790. The number of furan rings is 2. The summed E-state index contributed by atoms with van der Waals surface area (Å²) in [4.78, 5) is 2.31. The Bertz CT molecular complexity index is 2770. The van der Waals surface area contributed by atoms with E-state index in [4.69, 9.17) is 8.83 Å². The number of hydrogen-bond acceptors (Lipinski definition) is 3. The average Bonchev–Trinajstić information content (AvgIpc) is 3.68. The van der Waals surface area contributed by atoms with Crippen molar-refractivity contribution in [2.45, 2.75) is 0 Å². The molecular formula is C44H27NO2. The van der Waals surface area contributed by atoms with Crippen LogP contribution in [-0.4, -0.2) is 0 Å². The Labute approximate surface area is 270 Å². The van der Waals surface area contributed by atoms with E-state index in [-0.39, 0.29) is 0 Å². The molecule has 0 N–H and O–H groups in total. The Morgan fingerprint density at radius 1 is 0.319 bits per heavy atom. The molecule has 2 aromatic heterocycles. The second kappa shape index (κ2) is 10.1. The summed E-state index contributed by atoms with van der Waals surface area (Å²) < 4.78 is 13.0. The molecule has 0 fully saturated rings. The van der Waals surface area contributed by atoms with Crippen molar-refractivity contribution < 1.29 is 8.83 Å². The fourth-order valence-corrected chi connectivity index (χ4v) is 7.08. The lowest BCUT2D eigenvalue weighted by Gasteiger charge is -2.26. The molecule has 220 valence electrons. The van der Waals surface area contributed by atoms with Gasteiger partial charge in [-0.15, -0.1) is 0 Å². The van der Waals surface area contributed by atoms with Crippen molar-refractivity contribution in [3.05, 3.63) is 164 Å². The molecule has 10 rings (SSSR count). The third-order valence-corrected chi connectivity index (χ3v) is 9.39. The number of benzene rings is 8. The average molecular weight is 602 g/mol. The van der Waals surface area contributed by atoms with Crippen LogP contribution in [0, 0.1) is 0 Å². The predicted molar refractivity (Wildman–Crippen MR) is 196 cm³/mol. The molecule has 3 nitrogen and oxygen atoms in total. The quantitative estimate of drug-likeness (QED) is 0.201. The Balaban J connectivity index is 1.12. The molecule has 10 aromatic rings. The van der Waals surface area contributed by atoms with Gasteiger partial charge in [0.25, 0.3) is 0 Å². The molecule has 0 aliphatic rings. The molecule has 47 heavy (non-hydrogen) atoms. The topological polar surface area (TPSA) is 29.5 Å². The molecule has 0 saturated heterocycles. The number of rotatable bonds is 4. The van der Waals surface area contributed by atoms with Crippen molar-refractivity contribution in [1.29, 1.82) is 0 Å². The molecule has 8 aromatic carbocycles. The van der Waals surface area contributed by atoms with Gasteiger partial charge in [0, 0.05) is 38.6 Å². The smallest absolute Gasteiger partial charge is 0.178 e. The summed E-state index contributed by atoms with van der Waals surface area (Å²) >= 11 is 0. The first-order valence-electron chi connectivity index (χ1n) is 15.9. The van der Waals surface area contributed by atoms with Gasteiger partial charge in [0.2, 0.25) is 0 Å². The number of para-hydroxylation sites is 1. The Morgan fingerprint density at radius 3 is 1.47 bits per heavy atom. The Morgan fingerprint density at radius 2 is 0.809 bits per heavy atom. The summed E-state index contributed by atoms with van der Waals surface area (Å²) in [6.07, 6.45) is 0. The fourth-order valence-electron chi connectivity index (χ4n) is 7.08. The van der Waals surface area contributed by atoms with Gasteiger partial charge in [-0.3, -0.25) is 0 Å². The Hall–Kier alpha value is -6.32. The number of fused-ring (bicyclic) bond motifs is 9. The third kappa shape index (κ3) is 4.14. The maximum Gasteiger partial charge on any atom is 0.178 e. The lowest BCUT2D eigenvalue weighted by atomic mass is 10.0. The second-order valence-corrected chi connectivity index (χ2v) is 12.2. The lowest BCUT2D eigenvalue weighted by Crippen LogP contribution is -2.09. The molecule has 0 aliphatic heterocycles. The van der Waals surface area contributed by atoms with E-state index >= 15 is 0 Å². The van der Waals surface area contributed by atoms with Crippen LogP contribution in [0.15, 0.2) is 173 Å². The van der Waals surface area contributed by atoms with Gasteiger partial charge in [0.1, 0.15) is 11.2 Å². The van der Waals surface area contributed by atoms with Gasteiger partial charge >= 0.3 is 0 Å². The van der Waals surface area contributed by atoms with Crippen LogP contribution < -0.4 is 4.90 Å². The van der Waals surface area contributed by atoms with E-state index in [1.165, 1.54) is 21.9 Å². The van der Waals surface area contributed by atoms with E-state index in [1.807, 2.05) is 0 Å². The van der Waals surface area contributed by atoms with E-state index in [9.17, 15) is 0 Å². The maximum absolute atomic E-state index is 6.56. The highest BCUT2D eigenvalue weighted by Crippen LogP contribution is 2.42. The first-order valence-corrected chi connectivity index (χ1v) is 15.9. The number of anilines is 3. The maximum atomic E-state index is 6.56. The summed E-state index contributed by atoms with van der Waals surface area (Å²) in [7, 11) is 0. The van der Waals surface area contributed by atoms with E-state index in [0.29, 0.717) is 0 Å². The molecule has 0 radical (unpaired) electrons. The van der Waals surface area contributed by atoms with Gasteiger partial charge < -0.3 is 13.7 Å². The minimum Gasteiger partial charge on any atom is -0.452 e. The summed E-state index contributed by atoms with van der Waals surface area (Å²) in [6, 6.07) is 58.0. The highest BCUT2D eigenvalue weighted by molar-refractivity contribution is 6.21. The van der Waals surface area contributed by atoms with Crippen LogP contribution in [0.2, 0.25) is 0 Å². The molecule has 0 unspecified atom stereocenters. The van der Waals surface area contributed by atoms with Crippen LogP contribution in [0.4, 0.5) is 17.1 Å². The fraction of sp³-hybridized carbons (Fsp3) is 0. The van der Waals surface area contributed by atoms with Crippen LogP contribution in [-0.2, 0) is 0 Å². The summed E-state index contributed by atoms with van der Waals surface area (Å²) in [6.45, 7) is 0. The lowest BCUT2D eigenvalue weighted by molar-refractivity contribution is 0.634. The highest BCUT2D eigenvalue weighted by Gasteiger charge is 2.18. The van der Waals surface area contributed by atoms with E-state index in [0.717, 1.165) is 71.7 Å². The first-order chi connectivity index (χ1) is 23.3. The van der Waals surface area contributed by atoms with Crippen molar-refractivity contribution >= 4 is 82.5 Å². The van der Waals surface area contributed by atoms with Crippen LogP contribution >= 0.6 is 0 Å². The molecule has 0 bridgehead atoms. The number of nitrogens with zero attached hydrogens (tertiary/aromatic N) is 1. The van der Waals surface area contributed by atoms with Gasteiger partial charge in [-0.25, -0.2) is 0 Å². The first kappa shape index (κ1) is 26.0. The number of hydrogen-bond donors (Lipinski definition) is 0. The molecule has 0 saturated carbocycles. The van der Waals surface area contributed by atoms with Gasteiger partial charge in [-0.1, -0.05) is 91.0 Å². The zero-order valence-electron chi connectivity index (χ0n) is 25.4. The van der Waals surface area contributed by atoms with Gasteiger partial charge in [-0.2, -0.15) is 0 Å². The standard InChI is InChI=1S/C44H27NO2/c1-3-9-28(10-4-1)29-15-18-35(19-16-29)45(34-13-5-2-6-14-34)36-20-17-32-27-42-40(25-33(32)23-36)38-22-21-37-39-24-30-11-7-8-12-31(30)26-41(39)46-43(37)44(38)47-42/h1-27H. The monoisotopic (exact) mass is 601 g/mol. The van der Waals surface area contributed by atoms with Crippen LogP contribution in [0.5, 0.6) is 0 Å². The predicted octanol–water partition coefficient (Wildman–Crippen LogP) is 12.9. The molecule has 3 heteroatoms. The van der Waals surface area contributed by atoms with Crippen LogP contribution in [0.3, 0.4) is 0 Å². The largest absolute Gasteiger partial charge is 0.452 e. The van der Waals surface area contributed by atoms with Gasteiger partial charge in [0.05, 0.1) is 0 Å². The Kier molecular flexibility index (Phi) is 5.57. The summed E-state index contributed by atoms with van der Waals surface area (Å²) in [5.41, 5.74) is 9.02. The van der Waals surface area contributed by atoms with Crippen molar-refractivity contribution in [1.82, 2.24) is 0 Å². The van der Waals surface area contributed by atoms with Crippen LogP contribution in [0.25, 0.3) is 76.5 Å². The normalized spacial score (nSPS) is 11.8. The van der Waals surface area contributed by atoms with E-state index in [2.05, 4.69) is 169 Å². The summed E-state index contributed by atoms with van der Waals surface area (Å²) in [5, 5.41) is 8.95. The molecule has 0 aliphatic carbocycles. The van der Waals surface area contributed by atoms with Gasteiger partial charge in [0.15, 0.2) is 11.2 Å². The molecule has 2 heterocycles. The van der Waals surface area contributed by atoms with Gasteiger partial charge in [-0.05, 0) is 105 Å². The second-order valence-electron chi connectivity index (χ2n) is 12.2. The molecular weight excluding hydrogens is 574 g/mol. The molecule has 0 amide bonds. The zero-order chi connectivity index (χ0) is 30.9. The minimum absolute atomic E-state index is 0.790. The van der Waals surface area contributed by atoms with Crippen molar-refractivity contribution in [2.75, 3.05) is 4.90 Å². The highest BCUT2D eigenvalue weighted by atomic mass is 16.4. The molecule has 0 atom stereocenters. The third-order valence-electron chi connectivity index (χ3n) is 9.39. The van der Waals surface area contributed by atoms with Crippen LogP contribution in [0.1, 0.15) is 0 Å². The van der Waals surface area contributed by atoms with Crippen molar-refractivity contribution in [3.8, 4) is 11.1 Å². The van der Waals surface area contributed by atoms with E-state index < -0.39 is 0 Å². The SMILES string of the molecule is c1ccc(-c2ccc(N(c3ccccc3)c3ccc4cc5oc6c(ccc7c8cc9ccccc9cc8oc76)c5cc4c3)cc2)cc1. The van der Waals surface area contributed by atoms with Crippen molar-refractivity contribution in [3.63, 3.8) is 0 Å². The zero-order valence-corrected chi connectivity index (χ0v) is 25.4. The van der Waals surface area contributed by atoms with Crippen molar-refractivity contribution in [2.24, 2.45) is 0 Å². The summed E-state index contributed by atoms with van der Waals surface area (Å²) in [5.74, 6) is 0. The molecule has 0 spiro atoms.